The van der Waals surface area contributed by atoms with Gasteiger partial charge in [0.2, 0.25) is 10.0 Å². The van der Waals surface area contributed by atoms with E-state index in [1.54, 1.807) is 0 Å². The quantitative estimate of drug-likeness (QED) is 0.268. The van der Waals surface area contributed by atoms with Crippen LogP contribution in [0.15, 0.2) is 12.4 Å². The summed E-state index contributed by atoms with van der Waals surface area (Å²) in [6, 6.07) is 0. The zero-order valence-corrected chi connectivity index (χ0v) is 10.5. The molecule has 0 saturated carbocycles. The van der Waals surface area contributed by atoms with E-state index in [-0.39, 0.29) is 18.8 Å². The highest BCUT2D eigenvalue weighted by Crippen LogP contribution is 1.98. The second-order valence-electron chi connectivity index (χ2n) is 3.35. The van der Waals surface area contributed by atoms with Gasteiger partial charge >= 0.3 is 0 Å². The molecule has 18 heavy (non-hydrogen) atoms. The van der Waals surface area contributed by atoms with Gasteiger partial charge < -0.3 is 10.7 Å². The van der Waals surface area contributed by atoms with Gasteiger partial charge in [-0.1, -0.05) is 0 Å². The molecule has 5 N–H and O–H groups in total. The van der Waals surface area contributed by atoms with E-state index in [4.69, 9.17) is 5.84 Å². The van der Waals surface area contributed by atoms with Gasteiger partial charge in [-0.25, -0.2) is 29.0 Å². The maximum Gasteiger partial charge on any atom is 0.271 e. The lowest BCUT2D eigenvalue weighted by molar-refractivity contribution is 0.0949. The molecular weight excluding hydrogens is 260 g/mol. The molecule has 0 fully saturated rings. The number of nitrogens with one attached hydrogen (secondary N) is 3. The molecule has 1 rings (SSSR count). The topological polar surface area (TPSA) is 139 Å². The van der Waals surface area contributed by atoms with Crippen LogP contribution in [0.2, 0.25) is 0 Å². The molecule has 0 atom stereocenters. The van der Waals surface area contributed by atoms with Crippen LogP contribution in [-0.2, 0) is 10.0 Å². The molecule has 0 saturated heterocycles. The number of nitrogen functional groups attached to an aromatic ring is 1. The molecule has 100 valence electrons. The number of hydrogen-bond acceptors (Lipinski definition) is 7. The maximum absolute atomic E-state index is 11.5. The minimum absolute atomic E-state index is 0.112. The fourth-order valence-corrected chi connectivity index (χ4v) is 1.50. The second kappa shape index (κ2) is 6.23. The summed E-state index contributed by atoms with van der Waals surface area (Å²) < 4.78 is 23.7. The SMILES string of the molecule is CS(=O)(=O)NCCNC(=O)c1cnc(NN)cn1. The normalized spacial score (nSPS) is 11.0. The average Bonchev–Trinajstić information content (AvgIpc) is 2.33. The van der Waals surface area contributed by atoms with Gasteiger partial charge in [0.05, 0.1) is 18.6 Å². The van der Waals surface area contributed by atoms with Crippen LogP contribution in [0.25, 0.3) is 0 Å². The second-order valence-corrected chi connectivity index (χ2v) is 5.19. The van der Waals surface area contributed by atoms with Gasteiger partial charge in [0.25, 0.3) is 5.91 Å². The minimum atomic E-state index is -3.25. The first-order chi connectivity index (χ1) is 8.42. The Hall–Kier alpha value is -1.78. The van der Waals surface area contributed by atoms with E-state index < -0.39 is 15.9 Å². The molecule has 0 bridgehead atoms. The number of sulfonamides is 1. The van der Waals surface area contributed by atoms with Crippen LogP contribution in [0.4, 0.5) is 5.82 Å². The molecule has 0 aliphatic carbocycles. The lowest BCUT2D eigenvalue weighted by Gasteiger charge is -2.05. The van der Waals surface area contributed by atoms with Gasteiger partial charge in [-0.15, -0.1) is 0 Å². The Morgan fingerprint density at radius 1 is 1.33 bits per heavy atom. The van der Waals surface area contributed by atoms with Gasteiger partial charge in [0, 0.05) is 13.1 Å². The van der Waals surface area contributed by atoms with E-state index in [1.807, 2.05) is 0 Å². The molecule has 0 aliphatic rings. The highest BCUT2D eigenvalue weighted by Gasteiger charge is 2.07. The number of aromatic nitrogens is 2. The molecule has 10 heteroatoms. The molecule has 0 radical (unpaired) electrons. The summed E-state index contributed by atoms with van der Waals surface area (Å²) in [6.45, 7) is 0.269. The molecular formula is C8H14N6O3S. The number of anilines is 1. The number of hydrazine groups is 1. The first kappa shape index (κ1) is 14.3. The van der Waals surface area contributed by atoms with Gasteiger partial charge in [-0.2, -0.15) is 0 Å². The molecule has 9 nitrogen and oxygen atoms in total. The summed E-state index contributed by atoms with van der Waals surface area (Å²) in [5.41, 5.74) is 2.40. The van der Waals surface area contributed by atoms with E-state index in [2.05, 4.69) is 25.4 Å². The Labute approximate surface area is 104 Å². The zero-order valence-electron chi connectivity index (χ0n) is 9.67. The van der Waals surface area contributed by atoms with Crippen LogP contribution < -0.4 is 21.3 Å². The predicted octanol–water partition coefficient (Wildman–Crippen LogP) is -1.96. The molecule has 0 aliphatic heterocycles. The van der Waals surface area contributed by atoms with Crippen molar-refractivity contribution in [1.82, 2.24) is 20.0 Å². The molecule has 0 aromatic carbocycles. The number of rotatable bonds is 6. The van der Waals surface area contributed by atoms with Crippen molar-refractivity contribution in [2.45, 2.75) is 0 Å². The minimum Gasteiger partial charge on any atom is -0.349 e. The van der Waals surface area contributed by atoms with E-state index in [1.165, 1.54) is 12.4 Å². The van der Waals surface area contributed by atoms with Crippen molar-refractivity contribution in [3.05, 3.63) is 18.1 Å². The van der Waals surface area contributed by atoms with Crippen molar-refractivity contribution >= 4 is 21.7 Å². The summed E-state index contributed by atoms with van der Waals surface area (Å²) in [6.07, 6.45) is 3.61. The Morgan fingerprint density at radius 3 is 2.56 bits per heavy atom. The number of hydrogen-bond donors (Lipinski definition) is 4. The summed E-state index contributed by atoms with van der Waals surface area (Å²) >= 11 is 0. The molecule has 0 spiro atoms. The number of carbonyl (C=O) groups is 1. The Balaban J connectivity index is 2.40. The van der Waals surface area contributed by atoms with Crippen LogP contribution in [0.3, 0.4) is 0 Å². The van der Waals surface area contributed by atoms with Crippen LogP contribution in [-0.4, -0.2) is 43.6 Å². The van der Waals surface area contributed by atoms with Crippen molar-refractivity contribution in [2.75, 3.05) is 24.8 Å². The molecule has 0 unspecified atom stereocenters. The fourth-order valence-electron chi connectivity index (χ4n) is 1.02. The van der Waals surface area contributed by atoms with Crippen molar-refractivity contribution in [3.8, 4) is 0 Å². The van der Waals surface area contributed by atoms with E-state index >= 15 is 0 Å². The average molecular weight is 274 g/mol. The lowest BCUT2D eigenvalue weighted by Crippen LogP contribution is -2.34. The van der Waals surface area contributed by atoms with Crippen molar-refractivity contribution in [1.29, 1.82) is 0 Å². The zero-order chi connectivity index (χ0) is 13.6. The monoisotopic (exact) mass is 274 g/mol. The summed E-state index contributed by atoms with van der Waals surface area (Å²) in [4.78, 5) is 19.2. The number of amides is 1. The van der Waals surface area contributed by atoms with Gasteiger partial charge in [-0.3, -0.25) is 4.79 Å². The number of nitrogens with two attached hydrogens (primary N) is 1. The summed E-state index contributed by atoms with van der Waals surface area (Å²) in [5, 5.41) is 2.49. The Bertz CT molecular complexity index is 500. The highest BCUT2D eigenvalue weighted by atomic mass is 32.2. The fraction of sp³-hybridized carbons (Fsp3) is 0.375. The van der Waals surface area contributed by atoms with Crippen molar-refractivity contribution in [2.24, 2.45) is 5.84 Å². The summed E-state index contributed by atoms with van der Waals surface area (Å²) in [5.74, 6) is 4.99. The third kappa shape index (κ3) is 5.03. The number of nitrogens with zero attached hydrogens (tertiary/aromatic N) is 2. The molecule has 1 heterocycles. The van der Waals surface area contributed by atoms with E-state index in [9.17, 15) is 13.2 Å². The van der Waals surface area contributed by atoms with E-state index in [0.717, 1.165) is 6.26 Å². The number of carbonyl (C=O) groups excluding carboxylic acids is 1. The third-order valence-corrected chi connectivity index (χ3v) is 2.54. The van der Waals surface area contributed by atoms with Crippen LogP contribution in [0.5, 0.6) is 0 Å². The molecule has 1 aromatic rings. The highest BCUT2D eigenvalue weighted by molar-refractivity contribution is 7.88. The summed E-state index contributed by atoms with van der Waals surface area (Å²) in [7, 11) is -3.25. The third-order valence-electron chi connectivity index (χ3n) is 1.81. The Kier molecular flexibility index (Phi) is 4.95. The largest absolute Gasteiger partial charge is 0.349 e. The standard InChI is InChI=1S/C8H14N6O3S/c1-18(16,17)13-3-2-10-8(15)6-4-12-7(14-9)5-11-6/h4-5,13H,2-3,9H2,1H3,(H,10,15)(H,12,14). The first-order valence-corrected chi connectivity index (χ1v) is 6.83. The molecule has 1 aromatic heterocycles. The first-order valence-electron chi connectivity index (χ1n) is 4.94. The predicted molar refractivity (Wildman–Crippen MR) is 65.0 cm³/mol. The van der Waals surface area contributed by atoms with Crippen LogP contribution in [0.1, 0.15) is 10.5 Å². The van der Waals surface area contributed by atoms with E-state index in [0.29, 0.717) is 5.82 Å². The van der Waals surface area contributed by atoms with Gasteiger partial charge in [0.1, 0.15) is 5.69 Å². The lowest BCUT2D eigenvalue weighted by atomic mass is 10.4. The Morgan fingerprint density at radius 2 is 2.06 bits per heavy atom. The molecule has 1 amide bonds. The van der Waals surface area contributed by atoms with Gasteiger partial charge in [-0.05, 0) is 0 Å². The van der Waals surface area contributed by atoms with Gasteiger partial charge in [0.15, 0.2) is 5.82 Å². The smallest absolute Gasteiger partial charge is 0.271 e. The van der Waals surface area contributed by atoms with Crippen LogP contribution in [0, 0.1) is 0 Å². The van der Waals surface area contributed by atoms with Crippen molar-refractivity contribution < 1.29 is 13.2 Å². The maximum atomic E-state index is 11.5. The van der Waals surface area contributed by atoms with Crippen molar-refractivity contribution in [3.63, 3.8) is 0 Å². The van der Waals surface area contributed by atoms with Crippen LogP contribution >= 0.6 is 0 Å².